The first-order valence-corrected chi connectivity index (χ1v) is 8.35. The molecule has 1 saturated heterocycles. The summed E-state index contributed by atoms with van der Waals surface area (Å²) in [5.41, 5.74) is 2.53. The molecule has 0 amide bonds. The lowest BCUT2D eigenvalue weighted by Crippen LogP contribution is -2.58. The van der Waals surface area contributed by atoms with Gasteiger partial charge in [0.25, 0.3) is 0 Å². The third-order valence-corrected chi connectivity index (χ3v) is 4.54. The summed E-state index contributed by atoms with van der Waals surface area (Å²) < 4.78 is 0. The normalized spacial score (nSPS) is 24.0. The summed E-state index contributed by atoms with van der Waals surface area (Å²) in [6, 6.07) is 5.41. The smallest absolute Gasteiger partial charge is 0.0573 e. The largest absolute Gasteiger partial charge is 0.311 e. The van der Waals surface area contributed by atoms with Gasteiger partial charge in [0.15, 0.2) is 0 Å². The minimum Gasteiger partial charge on any atom is -0.311 e. The van der Waals surface area contributed by atoms with Gasteiger partial charge in [-0.15, -0.1) is 0 Å². The van der Waals surface area contributed by atoms with Crippen LogP contribution in [0.2, 0.25) is 0 Å². The van der Waals surface area contributed by atoms with Crippen molar-refractivity contribution in [1.29, 1.82) is 0 Å². The van der Waals surface area contributed by atoms with Crippen molar-refractivity contribution < 1.29 is 0 Å². The molecule has 1 N–H and O–H groups in total. The molecule has 1 aliphatic heterocycles. The first kappa shape index (κ1) is 16.4. The summed E-state index contributed by atoms with van der Waals surface area (Å²) in [5.74, 6) is 1.41. The zero-order valence-electron chi connectivity index (χ0n) is 14.3. The van der Waals surface area contributed by atoms with E-state index in [-0.39, 0.29) is 0 Å². The van der Waals surface area contributed by atoms with E-state index in [1.54, 1.807) is 0 Å². The molecule has 1 aromatic heterocycles. The van der Waals surface area contributed by atoms with Gasteiger partial charge in [-0.25, -0.2) is 0 Å². The van der Waals surface area contributed by atoms with Gasteiger partial charge in [0.2, 0.25) is 0 Å². The lowest BCUT2D eigenvalue weighted by Gasteiger charge is -2.43. The number of hydrogen-bond donors (Lipinski definition) is 1. The van der Waals surface area contributed by atoms with E-state index in [1.165, 1.54) is 17.7 Å². The van der Waals surface area contributed by atoms with Gasteiger partial charge in [-0.1, -0.05) is 33.8 Å². The molecular weight excluding hydrogens is 258 g/mol. The molecule has 1 aromatic rings. The molecule has 118 valence electrons. The highest BCUT2D eigenvalue weighted by Gasteiger charge is 2.30. The van der Waals surface area contributed by atoms with Gasteiger partial charge in [-0.05, 0) is 36.8 Å². The van der Waals surface area contributed by atoms with Gasteiger partial charge in [0.1, 0.15) is 0 Å². The van der Waals surface area contributed by atoms with E-state index in [2.05, 4.69) is 55.9 Å². The molecule has 3 nitrogen and oxygen atoms in total. The number of nitrogens with one attached hydrogen (secondary N) is 1. The zero-order chi connectivity index (χ0) is 15.4. The molecule has 21 heavy (non-hydrogen) atoms. The van der Waals surface area contributed by atoms with E-state index in [1.807, 2.05) is 12.3 Å². The Morgan fingerprint density at radius 3 is 2.71 bits per heavy atom. The quantitative estimate of drug-likeness (QED) is 0.902. The Hall–Kier alpha value is -0.930. The van der Waals surface area contributed by atoms with E-state index in [4.69, 9.17) is 0 Å². The van der Waals surface area contributed by atoms with Crippen LogP contribution in [-0.2, 0) is 6.54 Å². The molecule has 2 heterocycles. The van der Waals surface area contributed by atoms with Crippen molar-refractivity contribution >= 4 is 0 Å². The Balaban J connectivity index is 2.09. The van der Waals surface area contributed by atoms with Crippen molar-refractivity contribution in [1.82, 2.24) is 15.2 Å². The van der Waals surface area contributed by atoms with Crippen LogP contribution in [0.4, 0.5) is 0 Å². The first-order valence-electron chi connectivity index (χ1n) is 8.35. The topological polar surface area (TPSA) is 28.2 Å². The second kappa shape index (κ2) is 7.37. The lowest BCUT2D eigenvalue weighted by atomic mass is 9.94. The molecule has 0 spiro atoms. The van der Waals surface area contributed by atoms with Crippen LogP contribution >= 0.6 is 0 Å². The first-order chi connectivity index (χ1) is 9.97. The maximum Gasteiger partial charge on any atom is 0.0573 e. The predicted molar refractivity (Wildman–Crippen MR) is 89.3 cm³/mol. The summed E-state index contributed by atoms with van der Waals surface area (Å²) in [6.45, 7) is 14.7. The molecule has 1 aliphatic rings. The van der Waals surface area contributed by atoms with E-state index in [9.17, 15) is 0 Å². The number of aromatic nitrogens is 1. The van der Waals surface area contributed by atoms with Crippen LogP contribution in [0.3, 0.4) is 0 Å². The number of nitrogens with zero attached hydrogens (tertiary/aromatic N) is 2. The lowest BCUT2D eigenvalue weighted by molar-refractivity contribution is 0.0838. The number of pyridine rings is 1. The van der Waals surface area contributed by atoms with Crippen molar-refractivity contribution in [2.24, 2.45) is 11.8 Å². The molecule has 0 aromatic carbocycles. The maximum atomic E-state index is 4.59. The van der Waals surface area contributed by atoms with Gasteiger partial charge in [-0.3, -0.25) is 9.88 Å². The molecule has 0 aliphatic carbocycles. The summed E-state index contributed by atoms with van der Waals surface area (Å²) in [5, 5.41) is 3.75. The van der Waals surface area contributed by atoms with Crippen molar-refractivity contribution in [2.45, 2.75) is 59.7 Å². The highest BCUT2D eigenvalue weighted by atomic mass is 15.2. The fraction of sp³-hybridized carbons (Fsp3) is 0.722. The molecule has 0 saturated carbocycles. The van der Waals surface area contributed by atoms with Crippen molar-refractivity contribution in [2.75, 3.05) is 13.1 Å². The van der Waals surface area contributed by atoms with E-state index in [0.717, 1.165) is 25.6 Å². The van der Waals surface area contributed by atoms with Crippen molar-refractivity contribution in [3.05, 3.63) is 29.6 Å². The fourth-order valence-corrected chi connectivity index (χ4v) is 3.34. The van der Waals surface area contributed by atoms with Gasteiger partial charge in [0, 0.05) is 37.9 Å². The molecule has 2 rings (SSSR count). The summed E-state index contributed by atoms with van der Waals surface area (Å²) >= 11 is 0. The fourth-order valence-electron chi connectivity index (χ4n) is 3.34. The average molecular weight is 289 g/mol. The van der Waals surface area contributed by atoms with Crippen LogP contribution in [-0.4, -0.2) is 35.1 Å². The zero-order valence-corrected chi connectivity index (χ0v) is 14.3. The Morgan fingerprint density at radius 1 is 1.33 bits per heavy atom. The van der Waals surface area contributed by atoms with Crippen LogP contribution in [0.15, 0.2) is 18.3 Å². The van der Waals surface area contributed by atoms with Crippen LogP contribution in [0.1, 0.15) is 45.4 Å². The SMILES string of the molecule is Cc1cccnc1CN1CC(CC(C)C)NCC1C(C)C. The molecule has 0 bridgehead atoms. The number of piperazine rings is 1. The van der Waals surface area contributed by atoms with Gasteiger partial charge in [0.05, 0.1) is 5.69 Å². The summed E-state index contributed by atoms with van der Waals surface area (Å²) in [4.78, 5) is 7.23. The molecule has 2 atom stereocenters. The third kappa shape index (κ3) is 4.52. The highest BCUT2D eigenvalue weighted by molar-refractivity contribution is 5.17. The van der Waals surface area contributed by atoms with Gasteiger partial charge < -0.3 is 5.32 Å². The average Bonchev–Trinajstić information content (AvgIpc) is 2.40. The maximum absolute atomic E-state index is 4.59. The monoisotopic (exact) mass is 289 g/mol. The number of rotatable bonds is 5. The Bertz CT molecular complexity index is 442. The second-order valence-corrected chi connectivity index (χ2v) is 7.24. The Morgan fingerprint density at radius 2 is 2.10 bits per heavy atom. The number of aryl methyl sites for hydroxylation is 1. The van der Waals surface area contributed by atoms with Crippen LogP contribution in [0.25, 0.3) is 0 Å². The van der Waals surface area contributed by atoms with E-state index >= 15 is 0 Å². The number of hydrogen-bond acceptors (Lipinski definition) is 3. The second-order valence-electron chi connectivity index (χ2n) is 7.24. The minimum atomic E-state index is 0.606. The van der Waals surface area contributed by atoms with Crippen molar-refractivity contribution in [3.63, 3.8) is 0 Å². The Labute approximate surface area is 130 Å². The van der Waals surface area contributed by atoms with Crippen LogP contribution in [0.5, 0.6) is 0 Å². The van der Waals surface area contributed by atoms with Gasteiger partial charge >= 0.3 is 0 Å². The Kier molecular flexibility index (Phi) is 5.77. The molecule has 2 unspecified atom stereocenters. The standard InChI is InChI=1S/C18H31N3/c1-13(2)9-16-11-21(18(10-20-16)14(3)4)12-17-15(5)7-6-8-19-17/h6-8,13-14,16,18,20H,9-12H2,1-5H3. The highest BCUT2D eigenvalue weighted by Crippen LogP contribution is 2.21. The van der Waals surface area contributed by atoms with Crippen molar-refractivity contribution in [3.8, 4) is 0 Å². The minimum absolute atomic E-state index is 0.606. The molecule has 0 radical (unpaired) electrons. The van der Waals surface area contributed by atoms with Crippen LogP contribution in [0, 0.1) is 18.8 Å². The van der Waals surface area contributed by atoms with E-state index < -0.39 is 0 Å². The summed E-state index contributed by atoms with van der Waals surface area (Å²) in [7, 11) is 0. The van der Waals surface area contributed by atoms with Gasteiger partial charge in [-0.2, -0.15) is 0 Å². The van der Waals surface area contributed by atoms with E-state index in [0.29, 0.717) is 18.0 Å². The third-order valence-electron chi connectivity index (χ3n) is 4.54. The molecule has 1 fully saturated rings. The summed E-state index contributed by atoms with van der Waals surface area (Å²) in [6.07, 6.45) is 3.17. The van der Waals surface area contributed by atoms with Crippen LogP contribution < -0.4 is 5.32 Å². The molecular formula is C18H31N3. The molecule has 3 heteroatoms. The predicted octanol–water partition coefficient (Wildman–Crippen LogP) is 3.23.